The maximum Gasteiger partial charge on any atom is 0.255 e. The number of nitrogens with zero attached hydrogens (tertiary/aromatic N) is 4. The molecule has 3 aromatic heterocycles. The van der Waals surface area contributed by atoms with Crippen LogP contribution in [0.2, 0.25) is 10.0 Å². The van der Waals surface area contributed by atoms with Crippen LogP contribution in [-0.2, 0) is 19.5 Å². The third kappa shape index (κ3) is 4.12. The Balaban J connectivity index is 1.33. The lowest BCUT2D eigenvalue weighted by Crippen LogP contribution is -2.35. The lowest BCUT2D eigenvalue weighted by Gasteiger charge is -2.26. The molecule has 0 radical (unpaired) electrons. The first-order valence-corrected chi connectivity index (χ1v) is 10.5. The van der Waals surface area contributed by atoms with Crippen molar-refractivity contribution in [3.8, 4) is 22.7 Å². The summed E-state index contributed by atoms with van der Waals surface area (Å²) < 4.78 is 6.00. The fourth-order valence-corrected chi connectivity index (χ4v) is 3.96. The van der Waals surface area contributed by atoms with Crippen molar-refractivity contribution in [1.82, 2.24) is 24.8 Å². The van der Waals surface area contributed by atoms with Crippen LogP contribution in [0.4, 0.5) is 0 Å². The van der Waals surface area contributed by atoms with Crippen molar-refractivity contribution < 1.29 is 4.42 Å². The molecule has 0 atom stereocenters. The summed E-state index contributed by atoms with van der Waals surface area (Å²) in [5.74, 6) is 2.03. The normalized spacial score (nSPS) is 13.9. The predicted molar refractivity (Wildman–Crippen MR) is 118 cm³/mol. The smallest absolute Gasteiger partial charge is 0.255 e. The zero-order chi connectivity index (χ0) is 21.4. The largest absolute Gasteiger partial charge is 0.460 e. The SMILES string of the molecule is O=c1[nH]c(-c2cncnc2)nc2c1CN(Cc1ccc(-c3ccc(Cl)c(Cl)c3)o1)CC2. The molecule has 1 aromatic carbocycles. The Morgan fingerprint density at radius 1 is 1.06 bits per heavy atom. The Morgan fingerprint density at radius 3 is 2.71 bits per heavy atom. The number of hydrogen-bond donors (Lipinski definition) is 1. The molecule has 0 saturated heterocycles. The topological polar surface area (TPSA) is 87.9 Å². The van der Waals surface area contributed by atoms with Gasteiger partial charge in [0.2, 0.25) is 0 Å². The summed E-state index contributed by atoms with van der Waals surface area (Å²) in [6.07, 6.45) is 5.39. The summed E-state index contributed by atoms with van der Waals surface area (Å²) in [5.41, 5.74) is 2.92. The van der Waals surface area contributed by atoms with Gasteiger partial charge in [-0.25, -0.2) is 15.0 Å². The van der Waals surface area contributed by atoms with Gasteiger partial charge in [0.15, 0.2) is 0 Å². The van der Waals surface area contributed by atoms with Crippen LogP contribution in [0.1, 0.15) is 17.0 Å². The maximum absolute atomic E-state index is 12.7. The number of rotatable bonds is 4. The van der Waals surface area contributed by atoms with E-state index in [2.05, 4.69) is 24.8 Å². The molecule has 0 amide bonds. The van der Waals surface area contributed by atoms with E-state index in [1.807, 2.05) is 18.2 Å². The summed E-state index contributed by atoms with van der Waals surface area (Å²) >= 11 is 12.1. The number of benzene rings is 1. The van der Waals surface area contributed by atoms with Gasteiger partial charge in [-0.1, -0.05) is 23.2 Å². The van der Waals surface area contributed by atoms with Crippen molar-refractivity contribution in [2.45, 2.75) is 19.5 Å². The first-order valence-electron chi connectivity index (χ1n) is 9.71. The Morgan fingerprint density at radius 2 is 1.90 bits per heavy atom. The first-order chi connectivity index (χ1) is 15.1. The lowest BCUT2D eigenvalue weighted by atomic mass is 10.1. The molecule has 7 nitrogen and oxygen atoms in total. The third-order valence-electron chi connectivity index (χ3n) is 5.23. The Bertz CT molecular complexity index is 1300. The molecular weight excluding hydrogens is 437 g/mol. The highest BCUT2D eigenvalue weighted by atomic mass is 35.5. The van der Waals surface area contributed by atoms with Gasteiger partial charge in [0.25, 0.3) is 5.56 Å². The van der Waals surface area contributed by atoms with E-state index in [4.69, 9.17) is 27.6 Å². The number of halogens is 2. The zero-order valence-corrected chi connectivity index (χ0v) is 17.8. The van der Waals surface area contributed by atoms with Crippen LogP contribution in [0, 0.1) is 0 Å². The highest BCUT2D eigenvalue weighted by molar-refractivity contribution is 6.42. The van der Waals surface area contributed by atoms with Gasteiger partial charge in [-0.15, -0.1) is 0 Å². The Labute approximate surface area is 187 Å². The minimum Gasteiger partial charge on any atom is -0.460 e. The van der Waals surface area contributed by atoms with Crippen LogP contribution >= 0.6 is 23.2 Å². The van der Waals surface area contributed by atoms with E-state index in [0.29, 0.717) is 46.5 Å². The summed E-state index contributed by atoms with van der Waals surface area (Å²) in [6.45, 7) is 1.87. The van der Waals surface area contributed by atoms with E-state index >= 15 is 0 Å². The fourth-order valence-electron chi connectivity index (χ4n) is 3.66. The van der Waals surface area contributed by atoms with E-state index in [-0.39, 0.29) is 5.56 Å². The number of fused-ring (bicyclic) bond motifs is 1. The summed E-state index contributed by atoms with van der Waals surface area (Å²) in [5, 5.41) is 0.990. The minimum atomic E-state index is -0.135. The molecule has 0 fully saturated rings. The number of H-pyrrole nitrogens is 1. The fraction of sp³-hybridized carbons (Fsp3) is 0.182. The van der Waals surface area contributed by atoms with Crippen molar-refractivity contribution in [2.75, 3.05) is 6.54 Å². The van der Waals surface area contributed by atoms with Gasteiger partial charge in [0.05, 0.1) is 33.4 Å². The molecule has 0 spiro atoms. The molecular formula is C22H17Cl2N5O2. The second kappa shape index (κ2) is 8.26. The summed E-state index contributed by atoms with van der Waals surface area (Å²) in [4.78, 5) is 30.3. The van der Waals surface area contributed by atoms with E-state index in [0.717, 1.165) is 29.3 Å². The Hall–Kier alpha value is -3.00. The average molecular weight is 454 g/mol. The van der Waals surface area contributed by atoms with Gasteiger partial charge in [-0.2, -0.15) is 0 Å². The Kier molecular flexibility index (Phi) is 5.31. The van der Waals surface area contributed by atoms with Crippen LogP contribution in [0.25, 0.3) is 22.7 Å². The van der Waals surface area contributed by atoms with E-state index in [9.17, 15) is 4.79 Å². The van der Waals surface area contributed by atoms with Crippen LogP contribution < -0.4 is 5.56 Å². The summed E-state index contributed by atoms with van der Waals surface area (Å²) in [6, 6.07) is 9.25. The quantitative estimate of drug-likeness (QED) is 0.493. The van der Waals surface area contributed by atoms with Crippen LogP contribution in [-0.4, -0.2) is 31.4 Å². The van der Waals surface area contributed by atoms with Gasteiger partial charge in [-0.3, -0.25) is 9.69 Å². The van der Waals surface area contributed by atoms with E-state index < -0.39 is 0 Å². The predicted octanol–water partition coefficient (Wildman–Crippen LogP) is 4.35. The number of hydrogen-bond acceptors (Lipinski definition) is 6. The molecule has 4 aromatic rings. The van der Waals surface area contributed by atoms with Gasteiger partial charge >= 0.3 is 0 Å². The molecule has 0 bridgehead atoms. The van der Waals surface area contributed by atoms with E-state index in [1.165, 1.54) is 6.33 Å². The molecule has 0 unspecified atom stereocenters. The molecule has 5 rings (SSSR count). The third-order valence-corrected chi connectivity index (χ3v) is 5.97. The molecule has 0 aliphatic carbocycles. The standard InChI is InChI=1S/C22H17Cl2N5O2/c23-17-3-1-13(7-18(17)24)20-4-2-15(31-20)10-29-6-5-19-16(11-29)22(30)28-21(27-19)14-8-25-12-26-9-14/h1-4,7-9,12H,5-6,10-11H2,(H,27,28,30). The second-order valence-electron chi connectivity index (χ2n) is 7.32. The van der Waals surface area contributed by atoms with E-state index in [1.54, 1.807) is 24.5 Å². The average Bonchev–Trinajstić information content (AvgIpc) is 3.25. The van der Waals surface area contributed by atoms with Gasteiger partial charge in [0, 0.05) is 37.5 Å². The monoisotopic (exact) mass is 453 g/mol. The van der Waals surface area contributed by atoms with Crippen molar-refractivity contribution in [2.24, 2.45) is 0 Å². The van der Waals surface area contributed by atoms with Crippen LogP contribution in [0.5, 0.6) is 0 Å². The molecule has 31 heavy (non-hydrogen) atoms. The molecule has 1 aliphatic heterocycles. The highest BCUT2D eigenvalue weighted by Crippen LogP contribution is 2.30. The summed E-state index contributed by atoms with van der Waals surface area (Å²) in [7, 11) is 0. The molecule has 4 heterocycles. The van der Waals surface area contributed by atoms with Crippen molar-refractivity contribution in [1.29, 1.82) is 0 Å². The first kappa shape index (κ1) is 19.9. The van der Waals surface area contributed by atoms with Gasteiger partial charge < -0.3 is 9.40 Å². The van der Waals surface area contributed by atoms with Crippen LogP contribution in [0.15, 0.2) is 58.3 Å². The van der Waals surface area contributed by atoms with Crippen molar-refractivity contribution in [3.05, 3.63) is 86.5 Å². The van der Waals surface area contributed by atoms with Gasteiger partial charge in [0.1, 0.15) is 23.7 Å². The molecule has 9 heteroatoms. The van der Waals surface area contributed by atoms with Crippen molar-refractivity contribution >= 4 is 23.2 Å². The number of furan rings is 1. The molecule has 1 aliphatic rings. The highest BCUT2D eigenvalue weighted by Gasteiger charge is 2.22. The molecule has 1 N–H and O–H groups in total. The minimum absolute atomic E-state index is 0.135. The number of aromatic nitrogens is 4. The van der Waals surface area contributed by atoms with Crippen LogP contribution in [0.3, 0.4) is 0 Å². The lowest BCUT2D eigenvalue weighted by molar-refractivity contribution is 0.223. The van der Waals surface area contributed by atoms with Gasteiger partial charge in [-0.05, 0) is 30.3 Å². The molecule has 0 saturated carbocycles. The maximum atomic E-state index is 12.7. The number of nitrogens with one attached hydrogen (secondary N) is 1. The molecule has 156 valence electrons. The van der Waals surface area contributed by atoms with Crippen molar-refractivity contribution in [3.63, 3.8) is 0 Å². The number of aromatic amines is 1. The zero-order valence-electron chi connectivity index (χ0n) is 16.3. The second-order valence-corrected chi connectivity index (χ2v) is 8.14.